The topological polar surface area (TPSA) is 98.1 Å². The van der Waals surface area contributed by atoms with E-state index in [2.05, 4.69) is 5.32 Å². The molecule has 2 amide bonds. The first kappa shape index (κ1) is 26.1. The summed E-state index contributed by atoms with van der Waals surface area (Å²) >= 11 is 6.11. The minimum atomic E-state index is -4.13. The highest BCUT2D eigenvalue weighted by molar-refractivity contribution is 7.87. The van der Waals surface area contributed by atoms with E-state index in [4.69, 9.17) is 24.9 Å². The van der Waals surface area contributed by atoms with Crippen molar-refractivity contribution < 1.29 is 26.5 Å². The normalized spacial score (nSPS) is 11.1. The zero-order valence-electron chi connectivity index (χ0n) is 20.2. The van der Waals surface area contributed by atoms with Crippen molar-refractivity contribution in [2.45, 2.75) is 24.9 Å². The maximum Gasteiger partial charge on any atom is 0.340 e. The monoisotopic (exact) mass is 540 g/mol. The molecule has 0 aliphatic carbocycles. The highest BCUT2D eigenvalue weighted by Gasteiger charge is 2.23. The van der Waals surface area contributed by atoms with Crippen molar-refractivity contribution >= 4 is 33.4 Å². The first-order chi connectivity index (χ1) is 17.8. The predicted molar refractivity (Wildman–Crippen MR) is 140 cm³/mol. The van der Waals surface area contributed by atoms with Crippen LogP contribution in [0.5, 0.6) is 11.5 Å². The van der Waals surface area contributed by atoms with E-state index >= 15 is 0 Å². The van der Waals surface area contributed by atoms with Gasteiger partial charge in [-0.05, 0) is 60.5 Å². The lowest BCUT2D eigenvalue weighted by Gasteiger charge is -2.23. The van der Waals surface area contributed by atoms with Gasteiger partial charge in [-0.15, -0.1) is 0 Å². The molecule has 10 heteroatoms. The summed E-state index contributed by atoms with van der Waals surface area (Å²) in [6.45, 7) is 2.08. The molecule has 1 heterocycles. The SMILES string of the molecule is COc1ccccc1NC(=O)N(Cc1ccc(OS(=O)(=O)c2c(C)cccc2Cl)cc1)Cc1ccco1. The van der Waals surface area contributed by atoms with Crippen molar-refractivity contribution in [3.8, 4) is 11.5 Å². The quantitative estimate of drug-likeness (QED) is 0.252. The van der Waals surface area contributed by atoms with Gasteiger partial charge < -0.3 is 23.6 Å². The van der Waals surface area contributed by atoms with Gasteiger partial charge in [-0.1, -0.05) is 48.0 Å². The maximum absolute atomic E-state index is 13.2. The molecule has 0 aliphatic rings. The Bertz CT molecular complexity index is 1450. The van der Waals surface area contributed by atoms with E-state index in [0.717, 1.165) is 5.56 Å². The largest absolute Gasteiger partial charge is 0.495 e. The van der Waals surface area contributed by atoms with Gasteiger partial charge >= 0.3 is 16.1 Å². The van der Waals surface area contributed by atoms with Gasteiger partial charge in [-0.3, -0.25) is 0 Å². The molecule has 4 rings (SSSR count). The zero-order valence-corrected chi connectivity index (χ0v) is 21.8. The van der Waals surface area contributed by atoms with Crippen LogP contribution in [0.25, 0.3) is 0 Å². The number of carbonyl (C=O) groups excluding carboxylic acids is 1. The molecule has 192 valence electrons. The fourth-order valence-electron chi connectivity index (χ4n) is 3.70. The number of nitrogens with one attached hydrogen (secondary N) is 1. The molecule has 3 aromatic carbocycles. The predicted octanol–water partition coefficient (Wildman–Crippen LogP) is 6.25. The second-order valence-electron chi connectivity index (χ2n) is 8.13. The summed E-state index contributed by atoms with van der Waals surface area (Å²) in [5.74, 6) is 1.26. The average Bonchev–Trinajstić information content (AvgIpc) is 3.38. The van der Waals surface area contributed by atoms with Crippen LogP contribution in [0.1, 0.15) is 16.9 Å². The third-order valence-electron chi connectivity index (χ3n) is 5.48. The van der Waals surface area contributed by atoms with Gasteiger partial charge in [-0.25, -0.2) is 4.79 Å². The molecule has 0 saturated heterocycles. The van der Waals surface area contributed by atoms with Crippen LogP contribution in [0.3, 0.4) is 0 Å². The van der Waals surface area contributed by atoms with Gasteiger partial charge in [0.25, 0.3) is 0 Å². The molecule has 0 saturated carbocycles. The maximum atomic E-state index is 13.2. The first-order valence-electron chi connectivity index (χ1n) is 11.3. The van der Waals surface area contributed by atoms with Crippen molar-refractivity contribution in [2.24, 2.45) is 0 Å². The number of anilines is 1. The third kappa shape index (κ3) is 6.44. The van der Waals surface area contributed by atoms with E-state index in [0.29, 0.717) is 22.8 Å². The fourth-order valence-corrected chi connectivity index (χ4v) is 5.43. The summed E-state index contributed by atoms with van der Waals surface area (Å²) in [5.41, 5.74) is 1.77. The molecule has 0 radical (unpaired) electrons. The number of ether oxygens (including phenoxy) is 1. The molecule has 37 heavy (non-hydrogen) atoms. The number of furan rings is 1. The van der Waals surface area contributed by atoms with Crippen molar-refractivity contribution in [2.75, 3.05) is 12.4 Å². The number of halogens is 1. The second-order valence-corrected chi connectivity index (χ2v) is 10.0. The average molecular weight is 541 g/mol. The molecule has 4 aromatic rings. The number of nitrogens with zero attached hydrogens (tertiary/aromatic N) is 1. The molecule has 0 fully saturated rings. The molecule has 0 atom stereocenters. The molecule has 1 N–H and O–H groups in total. The number of benzene rings is 3. The van der Waals surface area contributed by atoms with Crippen LogP contribution in [0.4, 0.5) is 10.5 Å². The Morgan fingerprint density at radius 1 is 0.973 bits per heavy atom. The summed E-state index contributed by atoms with van der Waals surface area (Å²) in [6, 6.07) is 21.5. The summed E-state index contributed by atoms with van der Waals surface area (Å²) in [6.07, 6.45) is 1.54. The molecular weight excluding hydrogens is 516 g/mol. The fraction of sp³-hybridized carbons (Fsp3) is 0.148. The van der Waals surface area contributed by atoms with Gasteiger partial charge in [-0.2, -0.15) is 8.42 Å². The summed E-state index contributed by atoms with van der Waals surface area (Å²) in [5, 5.41) is 2.96. The van der Waals surface area contributed by atoms with E-state index in [-0.39, 0.29) is 34.8 Å². The highest BCUT2D eigenvalue weighted by Crippen LogP contribution is 2.28. The van der Waals surface area contributed by atoms with Crippen LogP contribution in [-0.2, 0) is 23.2 Å². The Kier molecular flexibility index (Phi) is 8.05. The minimum absolute atomic E-state index is 0.0709. The van der Waals surface area contributed by atoms with Gasteiger partial charge in [0.2, 0.25) is 0 Å². The Morgan fingerprint density at radius 3 is 2.41 bits per heavy atom. The summed E-state index contributed by atoms with van der Waals surface area (Å²) < 4.78 is 41.7. The number of hydrogen-bond donors (Lipinski definition) is 1. The van der Waals surface area contributed by atoms with Gasteiger partial charge in [0.1, 0.15) is 22.2 Å². The van der Waals surface area contributed by atoms with Crippen LogP contribution < -0.4 is 14.2 Å². The van der Waals surface area contributed by atoms with E-state index in [1.807, 2.05) is 6.07 Å². The minimum Gasteiger partial charge on any atom is -0.495 e. The molecule has 8 nitrogen and oxygen atoms in total. The molecular formula is C27H25ClN2O6S. The molecule has 0 bridgehead atoms. The zero-order chi connectivity index (χ0) is 26.4. The van der Waals surface area contributed by atoms with Crippen molar-refractivity contribution in [3.05, 3.63) is 107 Å². The van der Waals surface area contributed by atoms with Gasteiger partial charge in [0, 0.05) is 6.54 Å². The molecule has 0 unspecified atom stereocenters. The lowest BCUT2D eigenvalue weighted by atomic mass is 10.2. The van der Waals surface area contributed by atoms with E-state index < -0.39 is 10.1 Å². The van der Waals surface area contributed by atoms with Crippen LogP contribution in [0, 0.1) is 6.92 Å². The third-order valence-corrected chi connectivity index (χ3v) is 7.36. The second kappa shape index (κ2) is 11.4. The number of carbonyl (C=O) groups is 1. The lowest BCUT2D eigenvalue weighted by molar-refractivity contribution is 0.201. The number of methoxy groups -OCH3 is 1. The Morgan fingerprint density at radius 2 is 1.73 bits per heavy atom. The highest BCUT2D eigenvalue weighted by atomic mass is 35.5. The summed E-state index contributed by atoms with van der Waals surface area (Å²) in [4.78, 5) is 14.7. The molecule has 0 aliphatic heterocycles. The number of aryl methyl sites for hydroxylation is 1. The van der Waals surface area contributed by atoms with Gasteiger partial charge in [0.05, 0.1) is 30.6 Å². The molecule has 0 spiro atoms. The van der Waals surface area contributed by atoms with Crippen LogP contribution in [0.15, 0.2) is 94.4 Å². The van der Waals surface area contributed by atoms with Gasteiger partial charge in [0.15, 0.2) is 0 Å². The van der Waals surface area contributed by atoms with Crippen molar-refractivity contribution in [3.63, 3.8) is 0 Å². The van der Waals surface area contributed by atoms with E-state index in [1.54, 1.807) is 72.7 Å². The Hall–Kier alpha value is -3.95. The van der Waals surface area contributed by atoms with Crippen LogP contribution in [-0.4, -0.2) is 26.5 Å². The number of para-hydroxylation sites is 2. The number of rotatable bonds is 9. The van der Waals surface area contributed by atoms with Crippen LogP contribution in [0.2, 0.25) is 5.02 Å². The van der Waals surface area contributed by atoms with E-state index in [9.17, 15) is 13.2 Å². The smallest absolute Gasteiger partial charge is 0.340 e. The number of hydrogen-bond acceptors (Lipinski definition) is 6. The number of amides is 2. The Balaban J connectivity index is 1.51. The standard InChI is InChI=1S/C27H25ClN2O6S/c1-19-7-5-9-23(28)26(19)37(32,33)36-21-14-12-20(13-15-21)17-30(18-22-8-6-16-35-22)27(31)29-24-10-3-4-11-25(24)34-2/h3-16H,17-18H2,1-2H3,(H,29,31). The van der Waals surface area contributed by atoms with E-state index in [1.165, 1.54) is 25.3 Å². The number of urea groups is 1. The summed E-state index contributed by atoms with van der Waals surface area (Å²) in [7, 11) is -2.60. The van der Waals surface area contributed by atoms with Crippen molar-refractivity contribution in [1.82, 2.24) is 4.90 Å². The van der Waals surface area contributed by atoms with Crippen LogP contribution >= 0.6 is 11.6 Å². The lowest BCUT2D eigenvalue weighted by Crippen LogP contribution is -2.34. The Labute approximate surface area is 220 Å². The molecule has 1 aromatic heterocycles. The first-order valence-corrected chi connectivity index (χ1v) is 13.1. The van der Waals surface area contributed by atoms with Crippen molar-refractivity contribution in [1.29, 1.82) is 0 Å².